The molecule has 0 aliphatic rings. The minimum atomic E-state index is -0.00848. The molecule has 27 heavy (non-hydrogen) atoms. The van der Waals surface area contributed by atoms with Gasteiger partial charge in [-0.25, -0.2) is 9.97 Å². The minimum absolute atomic E-state index is 0.00848. The molecule has 138 valence electrons. The summed E-state index contributed by atoms with van der Waals surface area (Å²) in [6.07, 6.45) is 4.33. The van der Waals surface area contributed by atoms with Crippen molar-refractivity contribution in [2.45, 2.75) is 32.9 Å². The van der Waals surface area contributed by atoms with Crippen LogP contribution in [0.5, 0.6) is 6.01 Å². The third-order valence-corrected chi connectivity index (χ3v) is 4.12. The first-order chi connectivity index (χ1) is 13.1. The molecule has 1 heterocycles. The number of hydrogen-bond donors (Lipinski definition) is 1. The van der Waals surface area contributed by atoms with Gasteiger partial charge >= 0.3 is 6.01 Å². The Hall–Kier alpha value is -3.21. The molecule has 3 aromatic rings. The molecule has 5 heteroatoms. The third kappa shape index (κ3) is 5.64. The molecule has 0 saturated carbocycles. The Morgan fingerprint density at radius 1 is 0.963 bits per heavy atom. The second-order valence-electron chi connectivity index (χ2n) is 6.53. The third-order valence-electron chi connectivity index (χ3n) is 4.12. The monoisotopic (exact) mass is 361 g/mol. The van der Waals surface area contributed by atoms with Gasteiger partial charge in [-0.2, -0.15) is 0 Å². The molecule has 0 aliphatic carbocycles. The average Bonchev–Trinajstić information content (AvgIpc) is 2.68. The summed E-state index contributed by atoms with van der Waals surface area (Å²) in [7, 11) is 0. The number of rotatable bonds is 7. The summed E-state index contributed by atoms with van der Waals surface area (Å²) < 4.78 is 5.62. The average molecular weight is 361 g/mol. The van der Waals surface area contributed by atoms with E-state index in [9.17, 15) is 4.79 Å². The van der Waals surface area contributed by atoms with E-state index in [2.05, 4.69) is 27.4 Å². The second kappa shape index (κ2) is 8.94. The van der Waals surface area contributed by atoms with E-state index in [1.165, 1.54) is 12.5 Å². The Morgan fingerprint density at radius 3 is 2.26 bits per heavy atom. The molecular formula is C22H23N3O2. The Morgan fingerprint density at radius 2 is 1.63 bits per heavy atom. The molecule has 2 aromatic carbocycles. The van der Waals surface area contributed by atoms with E-state index in [4.69, 9.17) is 4.74 Å². The van der Waals surface area contributed by atoms with Crippen LogP contribution in [0.4, 0.5) is 0 Å². The number of ether oxygens (including phenoxy) is 1. The van der Waals surface area contributed by atoms with E-state index in [0.29, 0.717) is 12.6 Å². The van der Waals surface area contributed by atoms with Gasteiger partial charge in [0.2, 0.25) is 5.91 Å². The highest BCUT2D eigenvalue weighted by Gasteiger charge is 2.06. The van der Waals surface area contributed by atoms with Crippen LogP contribution >= 0.6 is 0 Å². The summed E-state index contributed by atoms with van der Waals surface area (Å²) in [6, 6.07) is 18.6. The summed E-state index contributed by atoms with van der Waals surface area (Å²) in [6.45, 7) is 3.98. The zero-order valence-electron chi connectivity index (χ0n) is 15.6. The summed E-state index contributed by atoms with van der Waals surface area (Å²) in [5.41, 5.74) is 4.22. The standard InChI is InChI=1S/C22H23N3O2/c1-16(25-17(2)26)12-18-8-10-20(11-9-18)21-13-23-22(24-14-21)27-15-19-6-4-3-5-7-19/h3-11,13-14,16H,12,15H2,1-2H3,(H,25,26). The first kappa shape index (κ1) is 18.6. The Balaban J connectivity index is 1.59. The van der Waals surface area contributed by atoms with Gasteiger partial charge in [-0.3, -0.25) is 4.79 Å². The van der Waals surface area contributed by atoms with Crippen LogP contribution in [0.3, 0.4) is 0 Å². The van der Waals surface area contributed by atoms with E-state index in [0.717, 1.165) is 23.1 Å². The molecule has 0 spiro atoms. The molecule has 1 amide bonds. The molecule has 0 radical (unpaired) electrons. The SMILES string of the molecule is CC(=O)NC(C)Cc1ccc(-c2cnc(OCc3ccccc3)nc2)cc1. The molecule has 1 unspecified atom stereocenters. The second-order valence-corrected chi connectivity index (χ2v) is 6.53. The van der Waals surface area contributed by atoms with Gasteiger partial charge in [-0.05, 0) is 30.0 Å². The van der Waals surface area contributed by atoms with E-state index in [1.807, 2.05) is 49.4 Å². The highest BCUT2D eigenvalue weighted by atomic mass is 16.5. The van der Waals surface area contributed by atoms with Gasteiger partial charge in [0.1, 0.15) is 6.61 Å². The largest absolute Gasteiger partial charge is 0.459 e. The van der Waals surface area contributed by atoms with Crippen molar-refractivity contribution in [1.82, 2.24) is 15.3 Å². The van der Waals surface area contributed by atoms with Crippen molar-refractivity contribution in [3.05, 3.63) is 78.1 Å². The van der Waals surface area contributed by atoms with Gasteiger partial charge in [0.15, 0.2) is 0 Å². The normalized spacial score (nSPS) is 11.6. The molecule has 1 N–H and O–H groups in total. The molecule has 1 atom stereocenters. The molecular weight excluding hydrogens is 338 g/mol. The highest BCUT2D eigenvalue weighted by Crippen LogP contribution is 2.20. The van der Waals surface area contributed by atoms with E-state index >= 15 is 0 Å². The Bertz CT molecular complexity index is 862. The van der Waals surface area contributed by atoms with Crippen LogP contribution in [0.2, 0.25) is 0 Å². The molecule has 0 fully saturated rings. The highest BCUT2D eigenvalue weighted by molar-refractivity contribution is 5.73. The predicted octanol–water partition coefficient (Wildman–Crippen LogP) is 3.79. The number of nitrogens with one attached hydrogen (secondary N) is 1. The van der Waals surface area contributed by atoms with E-state index in [1.54, 1.807) is 12.4 Å². The first-order valence-electron chi connectivity index (χ1n) is 8.95. The maximum atomic E-state index is 11.1. The number of hydrogen-bond acceptors (Lipinski definition) is 4. The van der Waals surface area contributed by atoms with Crippen molar-refractivity contribution in [2.75, 3.05) is 0 Å². The van der Waals surface area contributed by atoms with E-state index in [-0.39, 0.29) is 11.9 Å². The van der Waals surface area contributed by atoms with Crippen LogP contribution in [0, 0.1) is 0 Å². The minimum Gasteiger partial charge on any atom is -0.459 e. The number of amides is 1. The number of aromatic nitrogens is 2. The smallest absolute Gasteiger partial charge is 0.316 e. The molecule has 0 bridgehead atoms. The lowest BCUT2D eigenvalue weighted by Crippen LogP contribution is -2.31. The number of carbonyl (C=O) groups excluding carboxylic acids is 1. The zero-order chi connectivity index (χ0) is 19.1. The lowest BCUT2D eigenvalue weighted by atomic mass is 10.0. The predicted molar refractivity (Wildman–Crippen MR) is 105 cm³/mol. The van der Waals surface area contributed by atoms with Crippen molar-refractivity contribution < 1.29 is 9.53 Å². The molecule has 0 saturated heterocycles. The van der Waals surface area contributed by atoms with Crippen molar-refractivity contribution in [3.63, 3.8) is 0 Å². The molecule has 0 aliphatic heterocycles. The van der Waals surface area contributed by atoms with Gasteiger partial charge in [0, 0.05) is 30.9 Å². The van der Waals surface area contributed by atoms with Crippen molar-refractivity contribution >= 4 is 5.91 Å². The van der Waals surface area contributed by atoms with Crippen LogP contribution in [0.15, 0.2) is 67.0 Å². The lowest BCUT2D eigenvalue weighted by Gasteiger charge is -2.12. The van der Waals surface area contributed by atoms with Crippen LogP contribution in [-0.2, 0) is 17.8 Å². The lowest BCUT2D eigenvalue weighted by molar-refractivity contribution is -0.119. The fourth-order valence-electron chi connectivity index (χ4n) is 2.85. The van der Waals surface area contributed by atoms with E-state index < -0.39 is 0 Å². The van der Waals surface area contributed by atoms with Gasteiger partial charge in [-0.1, -0.05) is 54.6 Å². The van der Waals surface area contributed by atoms with Crippen molar-refractivity contribution in [3.8, 4) is 17.1 Å². The Kier molecular flexibility index (Phi) is 6.15. The van der Waals surface area contributed by atoms with Crippen molar-refractivity contribution in [2.24, 2.45) is 0 Å². The number of benzene rings is 2. The van der Waals surface area contributed by atoms with Crippen molar-refractivity contribution in [1.29, 1.82) is 0 Å². The summed E-state index contributed by atoms with van der Waals surface area (Å²) in [4.78, 5) is 19.7. The van der Waals surface area contributed by atoms with Gasteiger partial charge in [0.25, 0.3) is 0 Å². The van der Waals surface area contributed by atoms with Gasteiger partial charge in [0.05, 0.1) is 0 Å². The fraction of sp³-hybridized carbons (Fsp3) is 0.227. The molecule has 3 rings (SSSR count). The maximum Gasteiger partial charge on any atom is 0.316 e. The molecule has 5 nitrogen and oxygen atoms in total. The van der Waals surface area contributed by atoms with Crippen LogP contribution in [0.25, 0.3) is 11.1 Å². The fourth-order valence-corrected chi connectivity index (χ4v) is 2.85. The zero-order valence-corrected chi connectivity index (χ0v) is 15.6. The Labute approximate surface area is 159 Å². The van der Waals surface area contributed by atoms with Crippen LogP contribution in [0.1, 0.15) is 25.0 Å². The van der Waals surface area contributed by atoms with Crippen LogP contribution in [-0.4, -0.2) is 21.9 Å². The quantitative estimate of drug-likeness (QED) is 0.695. The maximum absolute atomic E-state index is 11.1. The van der Waals surface area contributed by atoms with Gasteiger partial charge < -0.3 is 10.1 Å². The summed E-state index contributed by atoms with van der Waals surface area (Å²) >= 11 is 0. The topological polar surface area (TPSA) is 64.1 Å². The van der Waals surface area contributed by atoms with Gasteiger partial charge in [-0.15, -0.1) is 0 Å². The van der Waals surface area contributed by atoms with Crippen LogP contribution < -0.4 is 10.1 Å². The number of carbonyl (C=O) groups is 1. The molecule has 1 aromatic heterocycles. The number of nitrogens with zero attached hydrogens (tertiary/aromatic N) is 2. The first-order valence-corrected chi connectivity index (χ1v) is 8.95. The summed E-state index contributed by atoms with van der Waals surface area (Å²) in [5.74, 6) is -0.00848. The summed E-state index contributed by atoms with van der Waals surface area (Å²) in [5, 5.41) is 2.89.